The average molecular weight is 454 g/mol. The number of halogens is 2. The molecule has 1 aliphatic rings. The molecule has 1 heterocycles. The van der Waals surface area contributed by atoms with Crippen molar-refractivity contribution in [2.45, 2.75) is 0 Å². The van der Waals surface area contributed by atoms with Gasteiger partial charge >= 0.3 is 5.97 Å². The number of carbonyl (C=O) groups is 2. The number of amides is 1. The van der Waals surface area contributed by atoms with Crippen LogP contribution in [-0.2, 0) is 14.3 Å². The Morgan fingerprint density at radius 1 is 1.21 bits per heavy atom. The van der Waals surface area contributed by atoms with Crippen LogP contribution in [0, 0.1) is 0 Å². The highest BCUT2D eigenvalue weighted by Gasteiger charge is 2.33. The Morgan fingerprint density at radius 2 is 1.86 bits per heavy atom. The monoisotopic (exact) mass is 453 g/mol. The van der Waals surface area contributed by atoms with Crippen LogP contribution in [0.15, 0.2) is 47.4 Å². The van der Waals surface area contributed by atoms with Crippen LogP contribution < -0.4 is 9.64 Å². The van der Waals surface area contributed by atoms with E-state index in [1.165, 1.54) is 23.8 Å². The van der Waals surface area contributed by atoms with Crippen LogP contribution in [0.25, 0.3) is 6.08 Å². The van der Waals surface area contributed by atoms with Gasteiger partial charge in [0.2, 0.25) is 0 Å². The van der Waals surface area contributed by atoms with E-state index in [0.29, 0.717) is 20.5 Å². The summed E-state index contributed by atoms with van der Waals surface area (Å²) < 4.78 is 10.3. The van der Waals surface area contributed by atoms with Crippen molar-refractivity contribution in [1.29, 1.82) is 0 Å². The summed E-state index contributed by atoms with van der Waals surface area (Å²) in [5.74, 6) is -0.608. The van der Waals surface area contributed by atoms with Gasteiger partial charge < -0.3 is 9.47 Å². The molecule has 1 saturated heterocycles. The number of benzene rings is 2. The molecule has 2 aromatic rings. The fourth-order valence-corrected chi connectivity index (χ4v) is 4.32. The number of hydrogen-bond acceptors (Lipinski definition) is 6. The highest BCUT2D eigenvalue weighted by molar-refractivity contribution is 8.27. The van der Waals surface area contributed by atoms with E-state index < -0.39 is 5.97 Å². The zero-order valence-electron chi connectivity index (χ0n) is 14.5. The number of nitrogens with zero attached hydrogens (tertiary/aromatic N) is 1. The van der Waals surface area contributed by atoms with Crippen molar-refractivity contribution >= 4 is 75.1 Å². The molecule has 0 spiro atoms. The molecule has 1 fully saturated rings. The molecule has 144 valence electrons. The second-order valence-corrected chi connectivity index (χ2v) is 8.02. The lowest BCUT2D eigenvalue weighted by Crippen LogP contribution is -2.27. The lowest BCUT2D eigenvalue weighted by molar-refractivity contribution is -0.142. The number of methoxy groups -OCH3 is 1. The first-order valence-electron chi connectivity index (χ1n) is 7.92. The third kappa shape index (κ3) is 4.50. The summed E-state index contributed by atoms with van der Waals surface area (Å²) in [4.78, 5) is 25.9. The molecule has 3 rings (SSSR count). The van der Waals surface area contributed by atoms with Gasteiger partial charge in [-0.25, -0.2) is 4.79 Å². The number of hydrogen-bond donors (Lipinski definition) is 0. The summed E-state index contributed by atoms with van der Waals surface area (Å²) >= 11 is 19.0. The van der Waals surface area contributed by atoms with E-state index in [9.17, 15) is 9.59 Å². The Balaban J connectivity index is 1.85. The van der Waals surface area contributed by atoms with Gasteiger partial charge in [0.25, 0.3) is 5.91 Å². The lowest BCUT2D eigenvalue weighted by Gasteiger charge is -2.13. The van der Waals surface area contributed by atoms with Crippen molar-refractivity contribution in [3.8, 4) is 5.75 Å². The molecule has 2 aromatic carbocycles. The number of para-hydroxylation sites is 1. The van der Waals surface area contributed by atoms with Crippen LogP contribution in [0.1, 0.15) is 5.56 Å². The summed E-state index contributed by atoms with van der Waals surface area (Å²) in [5, 5.41) is 0.419. The third-order valence-electron chi connectivity index (χ3n) is 3.69. The first kappa shape index (κ1) is 20.7. The van der Waals surface area contributed by atoms with Gasteiger partial charge in [0.15, 0.2) is 16.7 Å². The molecule has 9 heteroatoms. The molecule has 0 radical (unpaired) electrons. The maximum atomic E-state index is 12.8. The highest BCUT2D eigenvalue weighted by atomic mass is 35.5. The number of anilines is 1. The van der Waals surface area contributed by atoms with E-state index in [2.05, 4.69) is 4.74 Å². The molecule has 0 saturated carbocycles. The van der Waals surface area contributed by atoms with Crippen molar-refractivity contribution in [2.24, 2.45) is 0 Å². The first-order valence-corrected chi connectivity index (χ1v) is 9.90. The van der Waals surface area contributed by atoms with Crippen LogP contribution in [0.2, 0.25) is 10.0 Å². The van der Waals surface area contributed by atoms with Gasteiger partial charge in [0, 0.05) is 0 Å². The normalized spacial score (nSPS) is 15.2. The molecule has 0 atom stereocenters. The topological polar surface area (TPSA) is 55.8 Å². The van der Waals surface area contributed by atoms with Crippen LogP contribution in [0.4, 0.5) is 5.69 Å². The maximum Gasteiger partial charge on any atom is 0.343 e. The van der Waals surface area contributed by atoms with Crippen molar-refractivity contribution in [2.75, 3.05) is 18.6 Å². The minimum absolute atomic E-state index is 0.169. The van der Waals surface area contributed by atoms with Crippen molar-refractivity contribution in [3.05, 3.63) is 63.0 Å². The van der Waals surface area contributed by atoms with E-state index in [4.69, 9.17) is 40.2 Å². The fourth-order valence-electron chi connectivity index (χ4n) is 2.41. The second-order valence-electron chi connectivity index (χ2n) is 5.53. The van der Waals surface area contributed by atoms with E-state index in [1.54, 1.807) is 18.2 Å². The summed E-state index contributed by atoms with van der Waals surface area (Å²) in [6.45, 7) is -0.314. The number of thiocarbonyl (C=S) groups is 1. The van der Waals surface area contributed by atoms with Crippen LogP contribution >= 0.6 is 47.2 Å². The molecule has 28 heavy (non-hydrogen) atoms. The van der Waals surface area contributed by atoms with Crippen LogP contribution in [0.5, 0.6) is 5.75 Å². The highest BCUT2D eigenvalue weighted by Crippen LogP contribution is 2.38. The van der Waals surface area contributed by atoms with Crippen molar-refractivity contribution in [3.63, 3.8) is 0 Å². The van der Waals surface area contributed by atoms with Gasteiger partial charge in [-0.05, 0) is 35.9 Å². The Morgan fingerprint density at radius 3 is 2.46 bits per heavy atom. The Hall–Kier alpha value is -2.06. The molecular weight excluding hydrogens is 441 g/mol. The zero-order chi connectivity index (χ0) is 20.3. The number of ether oxygens (including phenoxy) is 2. The summed E-state index contributed by atoms with van der Waals surface area (Å²) in [6, 6.07) is 12.4. The van der Waals surface area contributed by atoms with Gasteiger partial charge in [0.1, 0.15) is 0 Å². The molecule has 1 amide bonds. The molecule has 5 nitrogen and oxygen atoms in total. The minimum Gasteiger partial charge on any atom is -0.479 e. The van der Waals surface area contributed by atoms with Crippen LogP contribution in [0.3, 0.4) is 0 Å². The Kier molecular flexibility index (Phi) is 6.61. The van der Waals surface area contributed by atoms with Gasteiger partial charge in [-0.1, -0.05) is 65.4 Å². The van der Waals surface area contributed by atoms with Gasteiger partial charge in [0.05, 0.1) is 27.7 Å². The maximum absolute atomic E-state index is 12.8. The number of rotatable bonds is 5. The largest absolute Gasteiger partial charge is 0.479 e. The smallest absolute Gasteiger partial charge is 0.343 e. The summed E-state index contributed by atoms with van der Waals surface area (Å²) in [5.41, 5.74) is 1.31. The molecule has 0 N–H and O–H groups in total. The summed E-state index contributed by atoms with van der Waals surface area (Å²) in [7, 11) is 1.25. The number of esters is 1. The molecule has 0 bridgehead atoms. The van der Waals surface area contributed by atoms with E-state index >= 15 is 0 Å². The molecule has 1 aliphatic heterocycles. The lowest BCUT2D eigenvalue weighted by atomic mass is 10.2. The van der Waals surface area contributed by atoms with Crippen molar-refractivity contribution < 1.29 is 19.1 Å². The van der Waals surface area contributed by atoms with Gasteiger partial charge in [-0.2, -0.15) is 0 Å². The Labute approximate surface area is 181 Å². The summed E-state index contributed by atoms with van der Waals surface area (Å²) in [6.07, 6.45) is 1.66. The van der Waals surface area contributed by atoms with Gasteiger partial charge in [-0.15, -0.1) is 0 Å². The molecule has 0 aromatic heterocycles. The predicted octanol–water partition coefficient (Wildman–Crippen LogP) is 4.95. The number of thioether (sulfide) groups is 1. The van der Waals surface area contributed by atoms with Gasteiger partial charge in [-0.3, -0.25) is 9.69 Å². The third-order valence-corrected chi connectivity index (χ3v) is 5.55. The zero-order valence-corrected chi connectivity index (χ0v) is 17.6. The fraction of sp³-hybridized carbons (Fsp3) is 0.105. The average Bonchev–Trinajstić information content (AvgIpc) is 2.94. The van der Waals surface area contributed by atoms with E-state index in [0.717, 1.165) is 0 Å². The first-order chi connectivity index (χ1) is 13.4. The molecular formula is C19H13Cl2NO4S2. The standard InChI is InChI=1S/C19H13Cl2NO4S2/c1-25-16(23)10-26-17-13(20)7-11(8-14(17)21)9-15-18(24)22(19(27)28-15)12-5-3-2-4-6-12/h2-9H,10H2,1H3/b15-9+. The van der Waals surface area contributed by atoms with Crippen molar-refractivity contribution in [1.82, 2.24) is 0 Å². The molecule has 0 unspecified atom stereocenters. The number of carbonyl (C=O) groups excluding carboxylic acids is 2. The predicted molar refractivity (Wildman–Crippen MR) is 116 cm³/mol. The van der Waals surface area contributed by atoms with E-state index in [1.807, 2.05) is 30.3 Å². The second kappa shape index (κ2) is 8.96. The molecule has 0 aliphatic carbocycles. The Bertz CT molecular complexity index is 956. The quantitative estimate of drug-likeness (QED) is 0.362. The minimum atomic E-state index is -0.555. The van der Waals surface area contributed by atoms with Crippen LogP contribution in [-0.4, -0.2) is 29.9 Å². The SMILES string of the molecule is COC(=O)COc1c(Cl)cc(/C=C2/SC(=S)N(c3ccccc3)C2=O)cc1Cl. The van der Waals surface area contributed by atoms with E-state index in [-0.39, 0.29) is 28.3 Å².